The van der Waals surface area contributed by atoms with E-state index in [1.54, 1.807) is 18.2 Å². The molecule has 1 aromatic heterocycles. The first-order chi connectivity index (χ1) is 13.9. The minimum Gasteiger partial charge on any atom is -0.478 e. The van der Waals surface area contributed by atoms with Crippen LogP contribution in [0.15, 0.2) is 40.9 Å². The lowest BCUT2D eigenvalue weighted by molar-refractivity contribution is 0.0698. The van der Waals surface area contributed by atoms with Crippen molar-refractivity contribution < 1.29 is 29.4 Å². The summed E-state index contributed by atoms with van der Waals surface area (Å²) in [6, 6.07) is 10.5. The zero-order chi connectivity index (χ0) is 21.0. The maximum atomic E-state index is 12.7. The smallest absolute Gasteiger partial charge is 0.337 e. The van der Waals surface area contributed by atoms with Gasteiger partial charge in [0.1, 0.15) is 0 Å². The van der Waals surface area contributed by atoms with Gasteiger partial charge >= 0.3 is 5.97 Å². The maximum absolute atomic E-state index is 12.7. The molecule has 0 aliphatic heterocycles. The van der Waals surface area contributed by atoms with Gasteiger partial charge in [-0.25, -0.2) is 4.79 Å². The van der Waals surface area contributed by atoms with Crippen LogP contribution in [0.1, 0.15) is 26.4 Å². The Balaban J connectivity index is 1.88. The van der Waals surface area contributed by atoms with Crippen LogP contribution in [0.2, 0.25) is 0 Å². The number of anilines is 2. The van der Waals surface area contributed by atoms with Gasteiger partial charge in [-0.1, -0.05) is 5.16 Å². The summed E-state index contributed by atoms with van der Waals surface area (Å²) in [5, 5.41) is 46.0. The first-order valence-electron chi connectivity index (χ1n) is 8.44. The van der Waals surface area contributed by atoms with Crippen molar-refractivity contribution in [2.75, 3.05) is 23.8 Å². The molecular weight excluding hydrogens is 380 g/mol. The molecule has 0 radical (unpaired) electrons. The molecule has 1 amide bonds. The number of carbonyl (C=O) groups excluding carboxylic acids is 1. The number of hydrogen-bond donors (Lipinski definition) is 5. The molecule has 0 aliphatic rings. The molecular formula is C19H16N4O6. The summed E-state index contributed by atoms with van der Waals surface area (Å²) in [7, 11) is 0. The third-order valence-corrected chi connectivity index (χ3v) is 4.06. The van der Waals surface area contributed by atoms with Crippen molar-refractivity contribution in [3.8, 4) is 6.07 Å². The van der Waals surface area contributed by atoms with E-state index in [0.717, 1.165) is 6.07 Å². The average molecular weight is 396 g/mol. The van der Waals surface area contributed by atoms with Gasteiger partial charge < -0.3 is 30.5 Å². The zero-order valence-electron chi connectivity index (χ0n) is 14.9. The molecule has 0 spiro atoms. The number of rotatable bonds is 7. The van der Waals surface area contributed by atoms with Crippen molar-refractivity contribution in [1.29, 1.82) is 5.26 Å². The Morgan fingerprint density at radius 2 is 2.03 bits per heavy atom. The largest absolute Gasteiger partial charge is 0.478 e. The van der Waals surface area contributed by atoms with Crippen LogP contribution in [0.4, 0.5) is 11.4 Å². The van der Waals surface area contributed by atoms with Crippen molar-refractivity contribution in [3.05, 3.63) is 53.2 Å². The van der Waals surface area contributed by atoms with Crippen molar-refractivity contribution in [2.45, 2.75) is 6.10 Å². The summed E-state index contributed by atoms with van der Waals surface area (Å²) >= 11 is 0. The number of aromatic nitrogens is 1. The lowest BCUT2D eigenvalue weighted by Crippen LogP contribution is -2.22. The molecule has 148 valence electrons. The molecule has 10 nitrogen and oxygen atoms in total. The van der Waals surface area contributed by atoms with Crippen molar-refractivity contribution in [3.63, 3.8) is 0 Å². The Morgan fingerprint density at radius 3 is 2.72 bits per heavy atom. The number of aliphatic hydroxyl groups is 2. The van der Waals surface area contributed by atoms with Gasteiger partial charge in [0, 0.05) is 12.2 Å². The maximum Gasteiger partial charge on any atom is 0.337 e. The van der Waals surface area contributed by atoms with E-state index in [-0.39, 0.29) is 29.1 Å². The molecule has 1 unspecified atom stereocenters. The normalized spacial score (nSPS) is 11.6. The Labute approximate surface area is 164 Å². The minimum absolute atomic E-state index is 0.0120. The number of carboxylic acid groups (broad SMARTS) is 1. The van der Waals surface area contributed by atoms with Crippen molar-refractivity contribution in [2.24, 2.45) is 0 Å². The molecule has 10 heteroatoms. The second kappa shape index (κ2) is 8.39. The van der Waals surface area contributed by atoms with E-state index in [1.165, 1.54) is 12.1 Å². The molecule has 3 aromatic rings. The van der Waals surface area contributed by atoms with E-state index < -0.39 is 24.6 Å². The highest BCUT2D eigenvalue weighted by atomic mass is 16.5. The summed E-state index contributed by atoms with van der Waals surface area (Å²) in [5.41, 5.74) is 0.761. The number of nitrogens with one attached hydrogen (secondary N) is 2. The van der Waals surface area contributed by atoms with Crippen LogP contribution in [0.3, 0.4) is 0 Å². The second-order valence-electron chi connectivity index (χ2n) is 6.09. The SMILES string of the molecule is N#Cc1ccc(NC(=O)c2noc3ccc(NCC(O)CO)cc23)c(C(=O)O)c1. The molecule has 0 saturated heterocycles. The fourth-order valence-corrected chi connectivity index (χ4v) is 2.59. The molecule has 0 fully saturated rings. The van der Waals surface area contributed by atoms with Crippen LogP contribution in [-0.2, 0) is 0 Å². The molecule has 1 heterocycles. The predicted octanol–water partition coefficient (Wildman–Crippen LogP) is 1.42. The van der Waals surface area contributed by atoms with Gasteiger partial charge in [0.25, 0.3) is 5.91 Å². The van der Waals surface area contributed by atoms with Gasteiger partial charge in [0.15, 0.2) is 11.3 Å². The number of amides is 1. The van der Waals surface area contributed by atoms with Gasteiger partial charge in [0.05, 0.1) is 41.0 Å². The van der Waals surface area contributed by atoms with Crippen LogP contribution in [-0.4, -0.2) is 51.6 Å². The molecule has 5 N–H and O–H groups in total. The number of aliphatic hydroxyl groups excluding tert-OH is 2. The first kappa shape index (κ1) is 19.8. The van der Waals surface area contributed by atoms with E-state index in [0.29, 0.717) is 16.7 Å². The van der Waals surface area contributed by atoms with Crippen molar-refractivity contribution in [1.82, 2.24) is 5.16 Å². The third-order valence-electron chi connectivity index (χ3n) is 4.06. The number of aromatic carboxylic acids is 1. The van der Waals surface area contributed by atoms with Gasteiger partial charge in [-0.05, 0) is 36.4 Å². The highest BCUT2D eigenvalue weighted by molar-refractivity contribution is 6.12. The van der Waals surface area contributed by atoms with Gasteiger partial charge in [0.2, 0.25) is 0 Å². The standard InChI is InChI=1S/C19H16N4O6/c20-7-10-1-3-15(13(5-10)19(27)28)22-18(26)17-14-6-11(21-8-12(25)9-24)2-4-16(14)29-23-17/h1-6,12,21,24-25H,8-9H2,(H,22,26)(H,27,28). The number of benzene rings is 2. The summed E-state index contributed by atoms with van der Waals surface area (Å²) in [6.45, 7) is -0.297. The fraction of sp³-hybridized carbons (Fsp3) is 0.158. The average Bonchev–Trinajstić information content (AvgIpc) is 3.15. The van der Waals surface area contributed by atoms with E-state index in [4.69, 9.17) is 14.9 Å². The summed E-state index contributed by atoms with van der Waals surface area (Å²) in [5.74, 6) is -1.99. The van der Waals surface area contributed by atoms with E-state index in [1.807, 2.05) is 6.07 Å². The fourth-order valence-electron chi connectivity index (χ4n) is 2.59. The van der Waals surface area contributed by atoms with Crippen molar-refractivity contribution >= 4 is 34.2 Å². The number of nitrogens with zero attached hydrogens (tertiary/aromatic N) is 2. The lowest BCUT2D eigenvalue weighted by atomic mass is 10.1. The zero-order valence-corrected chi connectivity index (χ0v) is 14.9. The highest BCUT2D eigenvalue weighted by Gasteiger charge is 2.20. The van der Waals surface area contributed by atoms with Gasteiger partial charge in [-0.3, -0.25) is 4.79 Å². The number of carbonyl (C=O) groups is 2. The molecule has 0 saturated carbocycles. The second-order valence-corrected chi connectivity index (χ2v) is 6.09. The number of nitriles is 1. The van der Waals surface area contributed by atoms with Crippen LogP contribution < -0.4 is 10.6 Å². The predicted molar refractivity (Wildman–Crippen MR) is 102 cm³/mol. The first-order valence-corrected chi connectivity index (χ1v) is 8.44. The van der Waals surface area contributed by atoms with Crippen LogP contribution >= 0.6 is 0 Å². The summed E-state index contributed by atoms with van der Waals surface area (Å²) in [6.07, 6.45) is -0.943. The van der Waals surface area contributed by atoms with Crippen LogP contribution in [0, 0.1) is 11.3 Å². The molecule has 29 heavy (non-hydrogen) atoms. The monoisotopic (exact) mass is 396 g/mol. The van der Waals surface area contributed by atoms with E-state index in [2.05, 4.69) is 15.8 Å². The number of fused-ring (bicyclic) bond motifs is 1. The molecule has 1 atom stereocenters. The van der Waals surface area contributed by atoms with E-state index in [9.17, 15) is 19.8 Å². The summed E-state index contributed by atoms with van der Waals surface area (Å²) in [4.78, 5) is 24.1. The molecule has 2 aromatic carbocycles. The Kier molecular flexibility index (Phi) is 5.73. The Hall–Kier alpha value is -3.94. The van der Waals surface area contributed by atoms with Gasteiger partial charge in [-0.2, -0.15) is 5.26 Å². The highest BCUT2D eigenvalue weighted by Crippen LogP contribution is 2.25. The quantitative estimate of drug-likeness (QED) is 0.396. The van der Waals surface area contributed by atoms with Crippen LogP contribution in [0.25, 0.3) is 11.0 Å². The Morgan fingerprint density at radius 1 is 1.24 bits per heavy atom. The topological polar surface area (TPSA) is 169 Å². The number of hydrogen-bond acceptors (Lipinski definition) is 8. The number of carboxylic acids is 1. The summed E-state index contributed by atoms with van der Waals surface area (Å²) < 4.78 is 5.14. The van der Waals surface area contributed by atoms with Gasteiger partial charge in [-0.15, -0.1) is 0 Å². The molecule has 3 rings (SSSR count). The molecule has 0 aliphatic carbocycles. The minimum atomic E-state index is -1.30. The van der Waals surface area contributed by atoms with E-state index >= 15 is 0 Å². The van der Waals surface area contributed by atoms with Crippen LogP contribution in [0.5, 0.6) is 0 Å². The Bertz CT molecular complexity index is 1120. The molecule has 0 bridgehead atoms. The third kappa shape index (κ3) is 4.32. The lowest BCUT2D eigenvalue weighted by Gasteiger charge is -2.10.